The van der Waals surface area contributed by atoms with Crippen LogP contribution in [0.5, 0.6) is 34.8 Å². The van der Waals surface area contributed by atoms with Crippen molar-refractivity contribution in [1.29, 1.82) is 0 Å². The van der Waals surface area contributed by atoms with Crippen LogP contribution in [0.25, 0.3) is 34.4 Å². The number of ether oxygens (including phenoxy) is 8. The zero-order valence-corrected chi connectivity index (χ0v) is 47.4. The van der Waals surface area contributed by atoms with Crippen LogP contribution in [0.1, 0.15) is 67.4 Å². The molecule has 79 heavy (non-hydrogen) atoms. The molecule has 24 nitrogen and oxygen atoms in total. The van der Waals surface area contributed by atoms with Gasteiger partial charge >= 0.3 is 0 Å². The Bertz CT molecular complexity index is 3540. The first-order valence-electron chi connectivity index (χ1n) is 24.5. The van der Waals surface area contributed by atoms with E-state index < -0.39 is 53.9 Å². The molecular formula is C53H62N12O12S2. The first-order valence-corrected chi connectivity index (χ1v) is 27.9. The number of hydrogen-bond donors (Lipinski definition) is 0. The van der Waals surface area contributed by atoms with Gasteiger partial charge in [0.2, 0.25) is 11.8 Å². The SMILES string of the molecule is CCOc1cccc(OC)c1-n1c(CS(=O)(=O)[C@@H](C)[C@H](OC)c2ncc(C)cn2)nnc1-c1cccc(OC)n1.COc1cccc(-c2nnc(CS(=O)(=O)[C@@H](C)[C@H](OC)c3ncc(C)cn3)n2-c2c(OC)cccc2OC)n1. The van der Waals surface area contributed by atoms with Crippen LogP contribution >= 0.6 is 0 Å². The van der Waals surface area contributed by atoms with E-state index in [0.717, 1.165) is 11.1 Å². The Morgan fingerprint density at radius 3 is 1.18 bits per heavy atom. The molecular weight excluding hydrogens is 1060 g/mol. The van der Waals surface area contributed by atoms with Crippen LogP contribution in [-0.4, -0.2) is 143 Å². The molecule has 0 aliphatic heterocycles. The summed E-state index contributed by atoms with van der Waals surface area (Å²) in [6, 6.07) is 20.9. The van der Waals surface area contributed by atoms with Crippen LogP contribution in [0, 0.1) is 13.8 Å². The summed E-state index contributed by atoms with van der Waals surface area (Å²) in [6.07, 6.45) is 4.68. The predicted octanol–water partition coefficient (Wildman–Crippen LogP) is 6.68. The third-order valence-corrected chi connectivity index (χ3v) is 16.5. The molecule has 0 spiro atoms. The van der Waals surface area contributed by atoms with Crippen molar-refractivity contribution in [3.63, 3.8) is 0 Å². The summed E-state index contributed by atoms with van der Waals surface area (Å²) < 4.78 is 103. The van der Waals surface area contributed by atoms with Crippen molar-refractivity contribution >= 4 is 19.7 Å². The molecule has 4 atom stereocenters. The number of hydrogen-bond acceptors (Lipinski definition) is 22. The Kier molecular flexibility index (Phi) is 19.2. The summed E-state index contributed by atoms with van der Waals surface area (Å²) in [6.45, 7) is 9.03. The molecule has 418 valence electrons. The number of pyridine rings is 2. The van der Waals surface area contributed by atoms with E-state index in [1.165, 1.54) is 49.8 Å². The average molecular weight is 1120 g/mol. The number of rotatable bonds is 23. The third kappa shape index (κ3) is 13.1. The van der Waals surface area contributed by atoms with E-state index in [1.807, 2.05) is 20.8 Å². The Balaban J connectivity index is 0.000000229. The lowest BCUT2D eigenvalue weighted by Crippen LogP contribution is -2.30. The predicted molar refractivity (Wildman–Crippen MR) is 290 cm³/mol. The average Bonchev–Trinajstić information content (AvgIpc) is 4.20. The Morgan fingerprint density at radius 1 is 0.481 bits per heavy atom. The summed E-state index contributed by atoms with van der Waals surface area (Å²) in [5.41, 5.74) is 3.40. The van der Waals surface area contributed by atoms with Crippen molar-refractivity contribution in [2.75, 3.05) is 56.4 Å². The zero-order valence-electron chi connectivity index (χ0n) is 45.8. The highest BCUT2D eigenvalue weighted by Gasteiger charge is 2.37. The monoisotopic (exact) mass is 1120 g/mol. The van der Waals surface area contributed by atoms with Crippen LogP contribution < -0.4 is 28.4 Å². The summed E-state index contributed by atoms with van der Waals surface area (Å²) in [4.78, 5) is 26.1. The van der Waals surface area contributed by atoms with Gasteiger partial charge in [0.1, 0.15) is 69.5 Å². The maximum atomic E-state index is 13.8. The third-order valence-electron chi connectivity index (χ3n) is 12.4. The fourth-order valence-corrected chi connectivity index (χ4v) is 11.1. The minimum Gasteiger partial charge on any atom is -0.494 e. The number of aromatic nitrogens is 12. The molecule has 0 fully saturated rings. The van der Waals surface area contributed by atoms with Crippen molar-refractivity contribution < 1.29 is 54.7 Å². The summed E-state index contributed by atoms with van der Waals surface area (Å²) in [5.74, 6) is 2.89. The van der Waals surface area contributed by atoms with Crippen molar-refractivity contribution in [3.8, 4) is 69.2 Å². The van der Waals surface area contributed by atoms with Crippen molar-refractivity contribution in [2.24, 2.45) is 0 Å². The van der Waals surface area contributed by atoms with Gasteiger partial charge in [-0.1, -0.05) is 24.3 Å². The lowest BCUT2D eigenvalue weighted by Gasteiger charge is -2.22. The molecule has 0 aliphatic carbocycles. The summed E-state index contributed by atoms with van der Waals surface area (Å²) >= 11 is 0. The van der Waals surface area contributed by atoms with Gasteiger partial charge in [-0.15, -0.1) is 20.4 Å². The summed E-state index contributed by atoms with van der Waals surface area (Å²) in [5, 5.41) is 15.3. The van der Waals surface area contributed by atoms with E-state index in [0.29, 0.717) is 64.1 Å². The van der Waals surface area contributed by atoms with Crippen LogP contribution in [-0.2, 0) is 40.7 Å². The number of aryl methyl sites for hydroxylation is 2. The van der Waals surface area contributed by atoms with Gasteiger partial charge in [-0.3, -0.25) is 9.13 Å². The van der Waals surface area contributed by atoms with E-state index in [9.17, 15) is 16.8 Å². The zero-order chi connectivity index (χ0) is 57.0. The molecule has 0 unspecified atom stereocenters. The lowest BCUT2D eigenvalue weighted by molar-refractivity contribution is 0.0947. The second-order valence-electron chi connectivity index (χ2n) is 17.5. The molecule has 6 aromatic heterocycles. The first-order chi connectivity index (χ1) is 38.0. The van der Waals surface area contributed by atoms with Crippen molar-refractivity contribution in [3.05, 3.63) is 132 Å². The van der Waals surface area contributed by atoms with Gasteiger partial charge in [0.05, 0.1) is 52.7 Å². The number of nitrogens with zero attached hydrogens (tertiary/aromatic N) is 12. The number of benzene rings is 2. The molecule has 0 saturated heterocycles. The van der Waals surface area contributed by atoms with Gasteiger partial charge in [-0.2, -0.15) is 0 Å². The van der Waals surface area contributed by atoms with Crippen LogP contribution in [0.3, 0.4) is 0 Å². The molecule has 0 bridgehead atoms. The van der Waals surface area contributed by atoms with E-state index in [4.69, 9.17) is 37.9 Å². The molecule has 8 aromatic rings. The van der Waals surface area contributed by atoms with E-state index >= 15 is 0 Å². The maximum absolute atomic E-state index is 13.8. The van der Waals surface area contributed by atoms with Gasteiger partial charge in [-0.25, -0.2) is 46.7 Å². The minimum atomic E-state index is -3.89. The normalized spacial score (nSPS) is 13.1. The maximum Gasteiger partial charge on any atom is 0.213 e. The fraction of sp³-hybridized carbons (Fsp3) is 0.358. The highest BCUT2D eigenvalue weighted by atomic mass is 32.2. The number of methoxy groups -OCH3 is 7. The standard InChI is InChI=1S/C27H32N6O6S.C26H30N6O6S/c1-7-39-21-12-9-11-20(36-4)24(21)33-22(31-32-27(33)19-10-8-13-23(30-19)37-5)16-40(34,35)18(3)25(38-6)26-28-14-17(2)15-29-26;1-16-13-27-25(28-14-16)24(38-6)17(2)39(33,34)15-21-30-31-26(18-9-7-12-22(29-18)37-5)32(21)23-19(35-3)10-8-11-20(23)36-4/h8-15,18,25H,7,16H2,1-6H3;7-14,17,24H,15H2,1-6H3/t18-,25-;17-,24-/m00/s1. The molecule has 26 heteroatoms. The van der Waals surface area contributed by atoms with Crippen LogP contribution in [0.2, 0.25) is 0 Å². The first kappa shape index (κ1) is 58.5. The smallest absolute Gasteiger partial charge is 0.213 e. The molecule has 0 N–H and O–H groups in total. The van der Waals surface area contributed by atoms with Crippen LogP contribution in [0.4, 0.5) is 0 Å². The minimum absolute atomic E-state index is 0.129. The molecule has 8 rings (SSSR count). The summed E-state index contributed by atoms with van der Waals surface area (Å²) in [7, 11) is 2.62. The molecule has 2 aromatic carbocycles. The van der Waals surface area contributed by atoms with E-state index in [-0.39, 0.29) is 34.9 Å². The van der Waals surface area contributed by atoms with E-state index in [2.05, 4.69) is 50.3 Å². The van der Waals surface area contributed by atoms with E-state index in [1.54, 1.807) is 121 Å². The Morgan fingerprint density at radius 2 is 0.835 bits per heavy atom. The largest absolute Gasteiger partial charge is 0.494 e. The second-order valence-corrected chi connectivity index (χ2v) is 22.2. The molecule has 0 aliphatic rings. The molecule has 0 radical (unpaired) electrons. The second kappa shape index (κ2) is 26.0. The van der Waals surface area contributed by atoms with Crippen molar-refractivity contribution in [2.45, 2.75) is 68.8 Å². The van der Waals surface area contributed by atoms with Gasteiger partial charge in [0, 0.05) is 51.1 Å². The van der Waals surface area contributed by atoms with Crippen LogP contribution in [0.15, 0.2) is 97.6 Å². The highest BCUT2D eigenvalue weighted by Crippen LogP contribution is 2.39. The molecule has 6 heterocycles. The highest BCUT2D eigenvalue weighted by molar-refractivity contribution is 7.91. The van der Waals surface area contributed by atoms with Gasteiger partial charge in [0.25, 0.3) is 0 Å². The quantitative estimate of drug-likeness (QED) is 0.0645. The molecule has 0 saturated carbocycles. The molecule has 0 amide bonds. The Hall–Kier alpha value is -8.20. The number of para-hydroxylation sites is 2. The van der Waals surface area contributed by atoms with Crippen molar-refractivity contribution in [1.82, 2.24) is 59.4 Å². The van der Waals surface area contributed by atoms with Gasteiger partial charge < -0.3 is 37.9 Å². The number of sulfone groups is 2. The lowest BCUT2D eigenvalue weighted by atomic mass is 10.2. The topological polar surface area (TPSA) is 281 Å². The fourth-order valence-electron chi connectivity index (χ4n) is 8.25. The van der Waals surface area contributed by atoms with Gasteiger partial charge in [0.15, 0.2) is 54.6 Å². The van der Waals surface area contributed by atoms with Gasteiger partial charge in [-0.05, 0) is 82.1 Å². The Labute approximate surface area is 458 Å².